The number of aromatic nitrogens is 2. The average Bonchev–Trinajstić information content (AvgIpc) is 2.69. The van der Waals surface area contributed by atoms with Crippen molar-refractivity contribution in [2.24, 2.45) is 5.92 Å². The van der Waals surface area contributed by atoms with Crippen LogP contribution in [-0.2, 0) is 14.3 Å². The van der Waals surface area contributed by atoms with Gasteiger partial charge in [0.25, 0.3) is 0 Å². The first-order chi connectivity index (χ1) is 8.51. The number of methoxy groups -OCH3 is 1. The first-order valence-corrected chi connectivity index (χ1v) is 5.57. The first kappa shape index (κ1) is 12.6. The molecule has 1 atom stereocenters. The van der Waals surface area contributed by atoms with Crippen LogP contribution in [0, 0.1) is 5.92 Å². The Hall–Kier alpha value is -1.89. The van der Waals surface area contributed by atoms with E-state index in [4.69, 9.17) is 17.3 Å². The quantitative estimate of drug-likeness (QED) is 0.610. The number of nitrogen functional groups attached to an aromatic ring is 1. The van der Waals surface area contributed by atoms with E-state index in [9.17, 15) is 9.59 Å². The van der Waals surface area contributed by atoms with Gasteiger partial charge in [-0.15, -0.1) is 0 Å². The highest BCUT2D eigenvalue weighted by molar-refractivity contribution is 6.29. The van der Waals surface area contributed by atoms with E-state index in [-0.39, 0.29) is 30.0 Å². The minimum Gasteiger partial charge on any atom is -0.469 e. The summed E-state index contributed by atoms with van der Waals surface area (Å²) in [5.74, 6) is -0.855. The van der Waals surface area contributed by atoms with Crippen molar-refractivity contribution in [1.82, 2.24) is 9.97 Å². The lowest BCUT2D eigenvalue weighted by Crippen LogP contribution is -2.27. The average molecular weight is 271 g/mol. The van der Waals surface area contributed by atoms with Crippen LogP contribution in [0.2, 0.25) is 5.15 Å². The van der Waals surface area contributed by atoms with Crippen LogP contribution >= 0.6 is 11.6 Å². The molecule has 1 aliphatic heterocycles. The summed E-state index contributed by atoms with van der Waals surface area (Å²) < 4.78 is 4.61. The fraction of sp³-hybridized carbons (Fsp3) is 0.400. The van der Waals surface area contributed by atoms with Gasteiger partial charge in [0.05, 0.1) is 13.0 Å². The van der Waals surface area contributed by atoms with E-state index >= 15 is 0 Å². The third-order valence-corrected chi connectivity index (χ3v) is 2.83. The van der Waals surface area contributed by atoms with E-state index in [1.807, 2.05) is 0 Å². The largest absolute Gasteiger partial charge is 0.469 e. The second-order valence-electron chi connectivity index (χ2n) is 3.84. The van der Waals surface area contributed by atoms with Gasteiger partial charge in [-0.2, -0.15) is 4.98 Å². The third-order valence-electron chi connectivity index (χ3n) is 2.63. The molecule has 0 aliphatic carbocycles. The molecule has 1 aromatic heterocycles. The second-order valence-corrected chi connectivity index (χ2v) is 4.22. The summed E-state index contributed by atoms with van der Waals surface area (Å²) in [5, 5.41) is 0.145. The van der Waals surface area contributed by atoms with Crippen molar-refractivity contribution in [2.75, 3.05) is 24.3 Å². The van der Waals surface area contributed by atoms with E-state index < -0.39 is 11.9 Å². The number of nitrogens with zero attached hydrogens (tertiary/aromatic N) is 3. The van der Waals surface area contributed by atoms with E-state index in [2.05, 4.69) is 14.7 Å². The number of carbonyl (C=O) groups is 2. The highest BCUT2D eigenvalue weighted by Crippen LogP contribution is 2.26. The minimum atomic E-state index is -0.488. The third kappa shape index (κ3) is 2.35. The number of nitrogens with two attached hydrogens (primary N) is 1. The lowest BCUT2D eigenvalue weighted by atomic mass is 10.1. The Morgan fingerprint density at radius 3 is 2.94 bits per heavy atom. The van der Waals surface area contributed by atoms with Crippen LogP contribution in [0.25, 0.3) is 0 Å². The number of rotatable bonds is 2. The fourth-order valence-electron chi connectivity index (χ4n) is 1.81. The molecule has 7 nitrogen and oxygen atoms in total. The highest BCUT2D eigenvalue weighted by atomic mass is 35.5. The van der Waals surface area contributed by atoms with Gasteiger partial charge >= 0.3 is 5.97 Å². The Balaban J connectivity index is 2.24. The Labute approximate surface area is 108 Å². The summed E-state index contributed by atoms with van der Waals surface area (Å²) in [7, 11) is 1.29. The SMILES string of the molecule is COC(=O)C1CC(=O)N(c2cc(Cl)nc(N)n2)C1. The maximum atomic E-state index is 11.8. The van der Waals surface area contributed by atoms with Gasteiger partial charge in [0.15, 0.2) is 0 Å². The number of hydrogen-bond acceptors (Lipinski definition) is 6. The maximum Gasteiger partial charge on any atom is 0.311 e. The molecule has 1 unspecified atom stereocenters. The topological polar surface area (TPSA) is 98.4 Å². The van der Waals surface area contributed by atoms with Crippen LogP contribution < -0.4 is 10.6 Å². The highest BCUT2D eigenvalue weighted by Gasteiger charge is 2.36. The molecular formula is C10H11ClN4O3. The van der Waals surface area contributed by atoms with E-state index in [0.717, 1.165) is 0 Å². The molecule has 1 aromatic rings. The number of hydrogen-bond donors (Lipinski definition) is 1. The summed E-state index contributed by atoms with van der Waals surface area (Å²) in [6.45, 7) is 0.207. The van der Waals surface area contributed by atoms with Crippen molar-refractivity contribution in [3.05, 3.63) is 11.2 Å². The molecular weight excluding hydrogens is 260 g/mol. The number of carbonyl (C=O) groups excluding carboxylic acids is 2. The molecule has 0 spiro atoms. The van der Waals surface area contributed by atoms with Gasteiger partial charge in [-0.05, 0) is 0 Å². The number of esters is 1. The van der Waals surface area contributed by atoms with Gasteiger partial charge in [-0.25, -0.2) is 4.98 Å². The van der Waals surface area contributed by atoms with Gasteiger partial charge in [-0.3, -0.25) is 14.5 Å². The Bertz CT molecular complexity index is 488. The summed E-state index contributed by atoms with van der Waals surface area (Å²) in [6.07, 6.45) is 0.0915. The second kappa shape index (κ2) is 4.77. The van der Waals surface area contributed by atoms with Crippen LogP contribution in [0.4, 0.5) is 11.8 Å². The van der Waals surface area contributed by atoms with Crippen molar-refractivity contribution in [2.45, 2.75) is 6.42 Å². The van der Waals surface area contributed by atoms with Gasteiger partial charge in [0, 0.05) is 19.0 Å². The first-order valence-electron chi connectivity index (χ1n) is 5.19. The molecule has 1 aliphatic rings. The summed E-state index contributed by atoms with van der Waals surface area (Å²) in [4.78, 5) is 32.2. The maximum absolute atomic E-state index is 11.8. The standard InChI is InChI=1S/C10H11ClN4O3/c1-18-9(17)5-2-8(16)15(4-5)7-3-6(11)13-10(12)14-7/h3,5H,2,4H2,1H3,(H2,12,13,14). The number of halogens is 1. The smallest absolute Gasteiger partial charge is 0.311 e. The van der Waals surface area contributed by atoms with Crippen molar-refractivity contribution < 1.29 is 14.3 Å². The van der Waals surface area contributed by atoms with Crippen LogP contribution in [0.3, 0.4) is 0 Å². The van der Waals surface area contributed by atoms with Gasteiger partial charge in [0.2, 0.25) is 11.9 Å². The zero-order chi connectivity index (χ0) is 13.3. The molecule has 8 heteroatoms. The zero-order valence-corrected chi connectivity index (χ0v) is 10.3. The molecule has 18 heavy (non-hydrogen) atoms. The summed E-state index contributed by atoms with van der Waals surface area (Å²) >= 11 is 5.74. The van der Waals surface area contributed by atoms with Gasteiger partial charge < -0.3 is 10.5 Å². The molecule has 2 rings (SSSR count). The van der Waals surface area contributed by atoms with Crippen LogP contribution in [-0.4, -0.2) is 35.5 Å². The van der Waals surface area contributed by atoms with Crippen LogP contribution in [0.15, 0.2) is 6.07 Å². The molecule has 0 bridgehead atoms. The van der Waals surface area contributed by atoms with Crippen molar-refractivity contribution in [3.8, 4) is 0 Å². The Morgan fingerprint density at radius 2 is 2.33 bits per heavy atom. The molecule has 1 saturated heterocycles. The van der Waals surface area contributed by atoms with E-state index in [1.54, 1.807) is 0 Å². The molecule has 0 saturated carbocycles. The van der Waals surface area contributed by atoms with E-state index in [1.165, 1.54) is 18.1 Å². The van der Waals surface area contributed by atoms with E-state index in [0.29, 0.717) is 5.82 Å². The number of anilines is 2. The zero-order valence-electron chi connectivity index (χ0n) is 9.59. The monoisotopic (exact) mass is 270 g/mol. The van der Waals surface area contributed by atoms with Crippen LogP contribution in [0.5, 0.6) is 0 Å². The fourth-order valence-corrected chi connectivity index (χ4v) is 2.00. The summed E-state index contributed by atoms with van der Waals surface area (Å²) in [6, 6.07) is 1.43. The Morgan fingerprint density at radius 1 is 1.61 bits per heavy atom. The predicted octanol–water partition coefficient (Wildman–Crippen LogP) is 0.238. The molecule has 96 valence electrons. The predicted molar refractivity (Wildman–Crippen MR) is 63.9 cm³/mol. The Kier molecular flexibility index (Phi) is 3.33. The minimum absolute atomic E-state index is 0.0215. The van der Waals surface area contributed by atoms with Gasteiger partial charge in [-0.1, -0.05) is 11.6 Å². The molecule has 1 amide bonds. The molecule has 2 heterocycles. The van der Waals surface area contributed by atoms with Crippen molar-refractivity contribution >= 4 is 35.2 Å². The lowest BCUT2D eigenvalue weighted by Gasteiger charge is -2.15. The van der Waals surface area contributed by atoms with Crippen molar-refractivity contribution in [3.63, 3.8) is 0 Å². The summed E-state index contributed by atoms with van der Waals surface area (Å²) in [5.41, 5.74) is 5.46. The number of amides is 1. The molecule has 1 fully saturated rings. The normalized spacial score (nSPS) is 19.1. The molecule has 2 N–H and O–H groups in total. The molecule has 0 aromatic carbocycles. The molecule has 0 radical (unpaired) electrons. The van der Waals surface area contributed by atoms with Crippen LogP contribution in [0.1, 0.15) is 6.42 Å². The van der Waals surface area contributed by atoms with Gasteiger partial charge in [0.1, 0.15) is 11.0 Å². The lowest BCUT2D eigenvalue weighted by molar-refractivity contribution is -0.145. The van der Waals surface area contributed by atoms with Crippen molar-refractivity contribution in [1.29, 1.82) is 0 Å². The number of ether oxygens (including phenoxy) is 1.